The van der Waals surface area contributed by atoms with Gasteiger partial charge in [0.05, 0.1) is 0 Å². The average Bonchev–Trinajstić information content (AvgIpc) is 3.11. The molecule has 0 aliphatic rings. The maximum absolute atomic E-state index is 12.0. The zero-order chi connectivity index (χ0) is 16.4. The van der Waals surface area contributed by atoms with E-state index < -0.39 is 0 Å². The van der Waals surface area contributed by atoms with E-state index in [9.17, 15) is 4.79 Å². The molecule has 0 bridgehead atoms. The highest BCUT2D eigenvalue weighted by Crippen LogP contribution is 2.27. The van der Waals surface area contributed by atoms with Crippen molar-refractivity contribution in [2.75, 3.05) is 5.32 Å². The van der Waals surface area contributed by atoms with Gasteiger partial charge in [0.25, 0.3) is 5.91 Å². The molecule has 1 N–H and O–H groups in total. The third-order valence-electron chi connectivity index (χ3n) is 3.12. The van der Waals surface area contributed by atoms with Crippen LogP contribution in [-0.4, -0.2) is 10.9 Å². The van der Waals surface area contributed by atoms with Gasteiger partial charge in [-0.3, -0.25) is 10.1 Å². The van der Waals surface area contributed by atoms with Gasteiger partial charge in [-0.25, -0.2) is 4.98 Å². The number of nitrogens with one attached hydrogen (secondary N) is 1. The number of anilines is 1. The second-order valence-electron chi connectivity index (χ2n) is 4.91. The number of benzene rings is 1. The van der Waals surface area contributed by atoms with Gasteiger partial charge >= 0.3 is 0 Å². The van der Waals surface area contributed by atoms with Crippen LogP contribution in [0.4, 0.5) is 5.13 Å². The number of hydrogen-bond donors (Lipinski definition) is 1. The normalized spacial score (nSPS) is 10.7. The summed E-state index contributed by atoms with van der Waals surface area (Å²) in [6.07, 6.45) is 2.35. The molecular formula is C16H12Cl2N2O2S. The monoisotopic (exact) mass is 366 g/mol. The molecular weight excluding hydrogens is 355 g/mol. The largest absolute Gasteiger partial charge is 0.456 e. The van der Waals surface area contributed by atoms with E-state index in [0.717, 1.165) is 10.4 Å². The Labute approximate surface area is 147 Å². The van der Waals surface area contributed by atoms with E-state index in [1.165, 1.54) is 11.3 Å². The van der Waals surface area contributed by atoms with E-state index in [1.807, 2.05) is 6.07 Å². The predicted molar refractivity (Wildman–Crippen MR) is 92.8 cm³/mol. The van der Waals surface area contributed by atoms with E-state index in [0.29, 0.717) is 27.4 Å². The van der Waals surface area contributed by atoms with Gasteiger partial charge in [-0.1, -0.05) is 29.3 Å². The number of rotatable bonds is 4. The van der Waals surface area contributed by atoms with Gasteiger partial charge in [-0.05, 0) is 36.8 Å². The summed E-state index contributed by atoms with van der Waals surface area (Å²) in [6, 6.07) is 8.76. The molecule has 1 aromatic carbocycles. The first-order valence-corrected chi connectivity index (χ1v) is 8.35. The highest BCUT2D eigenvalue weighted by Gasteiger charge is 2.13. The number of amides is 1. The van der Waals surface area contributed by atoms with Crippen LogP contribution in [0, 0.1) is 6.92 Å². The number of hydrogen-bond acceptors (Lipinski definition) is 4. The first kappa shape index (κ1) is 16.1. The number of halogens is 2. The Balaban J connectivity index is 1.69. The molecule has 0 saturated heterocycles. The zero-order valence-electron chi connectivity index (χ0n) is 12.1. The summed E-state index contributed by atoms with van der Waals surface area (Å²) in [4.78, 5) is 17.2. The van der Waals surface area contributed by atoms with E-state index in [-0.39, 0.29) is 11.7 Å². The number of carbonyl (C=O) groups excluding carboxylic acids is 1. The Morgan fingerprint density at radius 1 is 1.30 bits per heavy atom. The molecule has 7 heteroatoms. The maximum atomic E-state index is 12.0. The molecule has 0 aliphatic carbocycles. The van der Waals surface area contributed by atoms with Crippen molar-refractivity contribution in [2.24, 2.45) is 0 Å². The number of nitrogens with zero attached hydrogens (tertiary/aromatic N) is 1. The van der Waals surface area contributed by atoms with Crippen LogP contribution < -0.4 is 5.32 Å². The summed E-state index contributed by atoms with van der Waals surface area (Å²) in [6.45, 7) is 1.79. The summed E-state index contributed by atoms with van der Waals surface area (Å²) in [5.74, 6) is 0.635. The van der Waals surface area contributed by atoms with Gasteiger partial charge < -0.3 is 4.42 Å². The standard InChI is InChI=1S/C16H12Cl2N2O2S/c1-9-2-5-14(22-9)15(21)20-16-19-8-12(23-16)6-10-3-4-11(17)7-13(10)18/h2-5,7-8H,6H2,1H3,(H,19,20,21). The first-order valence-electron chi connectivity index (χ1n) is 6.77. The topological polar surface area (TPSA) is 55.1 Å². The lowest BCUT2D eigenvalue weighted by atomic mass is 10.1. The fourth-order valence-electron chi connectivity index (χ4n) is 2.02. The van der Waals surface area contributed by atoms with E-state index >= 15 is 0 Å². The highest BCUT2D eigenvalue weighted by molar-refractivity contribution is 7.15. The minimum Gasteiger partial charge on any atom is -0.456 e. The molecule has 0 aliphatic heterocycles. The smallest absolute Gasteiger partial charge is 0.293 e. The molecule has 0 saturated carbocycles. The fraction of sp³-hybridized carbons (Fsp3) is 0.125. The van der Waals surface area contributed by atoms with Gasteiger partial charge in [0.2, 0.25) is 0 Å². The summed E-state index contributed by atoms with van der Waals surface area (Å²) in [7, 11) is 0. The van der Waals surface area contributed by atoms with Crippen LogP contribution in [0.2, 0.25) is 10.0 Å². The SMILES string of the molecule is Cc1ccc(C(=O)Nc2ncc(Cc3ccc(Cl)cc3Cl)s2)o1. The number of furan rings is 1. The third kappa shape index (κ3) is 3.93. The van der Waals surface area contributed by atoms with Crippen LogP contribution in [0.15, 0.2) is 40.9 Å². The van der Waals surface area contributed by atoms with Crippen LogP contribution in [0.3, 0.4) is 0 Å². The van der Waals surface area contributed by atoms with Gasteiger partial charge in [0.1, 0.15) is 5.76 Å². The van der Waals surface area contributed by atoms with Crippen LogP contribution in [0.1, 0.15) is 26.8 Å². The number of aromatic nitrogens is 1. The van der Waals surface area contributed by atoms with Crippen molar-refractivity contribution in [3.05, 3.63) is 68.5 Å². The summed E-state index contributed by atoms with van der Waals surface area (Å²) in [5.41, 5.74) is 0.958. The molecule has 3 aromatic rings. The van der Waals surface area contributed by atoms with Crippen LogP contribution in [0.25, 0.3) is 0 Å². The Bertz CT molecular complexity index is 857. The predicted octanol–water partition coefficient (Wildman–Crippen LogP) is 5.19. The number of aryl methyl sites for hydroxylation is 1. The lowest BCUT2D eigenvalue weighted by Gasteiger charge is -2.02. The Kier molecular flexibility index (Phi) is 4.71. The Morgan fingerprint density at radius 2 is 2.13 bits per heavy atom. The quantitative estimate of drug-likeness (QED) is 0.690. The lowest BCUT2D eigenvalue weighted by Crippen LogP contribution is -2.10. The van der Waals surface area contributed by atoms with Gasteiger partial charge in [0, 0.05) is 27.5 Å². The molecule has 0 spiro atoms. The molecule has 118 valence electrons. The number of thiazole rings is 1. The van der Waals surface area contributed by atoms with Crippen molar-refractivity contribution in [2.45, 2.75) is 13.3 Å². The molecule has 2 heterocycles. The molecule has 3 rings (SSSR count). The van der Waals surface area contributed by atoms with Gasteiger partial charge in [-0.15, -0.1) is 11.3 Å². The van der Waals surface area contributed by atoms with Crippen molar-refractivity contribution < 1.29 is 9.21 Å². The van der Waals surface area contributed by atoms with Crippen LogP contribution in [-0.2, 0) is 6.42 Å². The van der Waals surface area contributed by atoms with Crippen LogP contribution in [0.5, 0.6) is 0 Å². The summed E-state index contributed by atoms with van der Waals surface area (Å²) >= 11 is 13.5. The van der Waals surface area contributed by atoms with Crippen molar-refractivity contribution in [1.82, 2.24) is 4.98 Å². The van der Waals surface area contributed by atoms with Crippen molar-refractivity contribution in [1.29, 1.82) is 0 Å². The van der Waals surface area contributed by atoms with Crippen molar-refractivity contribution in [3.63, 3.8) is 0 Å². The fourth-order valence-corrected chi connectivity index (χ4v) is 3.32. The van der Waals surface area contributed by atoms with Crippen molar-refractivity contribution >= 4 is 45.6 Å². The van der Waals surface area contributed by atoms with Crippen molar-refractivity contribution in [3.8, 4) is 0 Å². The summed E-state index contributed by atoms with van der Waals surface area (Å²) in [5, 5.41) is 4.45. The summed E-state index contributed by atoms with van der Waals surface area (Å²) < 4.78 is 5.28. The second kappa shape index (κ2) is 6.74. The lowest BCUT2D eigenvalue weighted by molar-refractivity contribution is 0.0995. The molecule has 1 amide bonds. The zero-order valence-corrected chi connectivity index (χ0v) is 14.4. The average molecular weight is 367 g/mol. The van der Waals surface area contributed by atoms with Gasteiger partial charge in [0.15, 0.2) is 10.9 Å². The molecule has 0 radical (unpaired) electrons. The molecule has 23 heavy (non-hydrogen) atoms. The molecule has 2 aromatic heterocycles. The third-order valence-corrected chi connectivity index (χ3v) is 4.62. The van der Waals surface area contributed by atoms with Crippen LogP contribution >= 0.6 is 34.5 Å². The van der Waals surface area contributed by atoms with E-state index in [2.05, 4.69) is 10.3 Å². The highest BCUT2D eigenvalue weighted by atomic mass is 35.5. The molecule has 0 unspecified atom stereocenters. The van der Waals surface area contributed by atoms with Gasteiger partial charge in [-0.2, -0.15) is 0 Å². The van der Waals surface area contributed by atoms with E-state index in [1.54, 1.807) is 37.4 Å². The second-order valence-corrected chi connectivity index (χ2v) is 6.87. The Hall–Kier alpha value is -1.82. The maximum Gasteiger partial charge on any atom is 0.293 e. The molecule has 0 fully saturated rings. The minimum absolute atomic E-state index is 0.264. The Morgan fingerprint density at radius 3 is 2.83 bits per heavy atom. The molecule has 4 nitrogen and oxygen atoms in total. The molecule has 0 atom stereocenters. The first-order chi connectivity index (χ1) is 11.0. The minimum atomic E-state index is -0.316. The number of carbonyl (C=O) groups is 1. The van der Waals surface area contributed by atoms with E-state index in [4.69, 9.17) is 27.6 Å².